The van der Waals surface area contributed by atoms with Crippen molar-refractivity contribution in [1.29, 1.82) is 0 Å². The first-order valence-electron chi connectivity index (χ1n) is 9.49. The number of nitrogens with zero attached hydrogens (tertiary/aromatic N) is 2. The van der Waals surface area contributed by atoms with Gasteiger partial charge in [0, 0.05) is 48.8 Å². The zero-order chi connectivity index (χ0) is 20.5. The van der Waals surface area contributed by atoms with Gasteiger partial charge in [-0.25, -0.2) is 4.39 Å². The van der Waals surface area contributed by atoms with Crippen LogP contribution in [0.5, 0.6) is 5.75 Å². The van der Waals surface area contributed by atoms with Gasteiger partial charge in [0.1, 0.15) is 11.6 Å². The molecule has 0 bridgehead atoms. The van der Waals surface area contributed by atoms with Crippen molar-refractivity contribution in [3.05, 3.63) is 59.5 Å². The van der Waals surface area contributed by atoms with E-state index in [9.17, 15) is 14.0 Å². The number of amides is 1. The summed E-state index contributed by atoms with van der Waals surface area (Å²) in [5.41, 5.74) is 2.38. The van der Waals surface area contributed by atoms with Gasteiger partial charge in [-0.15, -0.1) is 0 Å². The Morgan fingerprint density at radius 2 is 1.79 bits per heavy atom. The third-order valence-corrected chi connectivity index (χ3v) is 5.38. The highest BCUT2D eigenvalue weighted by molar-refractivity contribution is 6.45. The molecule has 4 rings (SSSR count). The van der Waals surface area contributed by atoms with E-state index in [0.29, 0.717) is 48.9 Å². The minimum Gasteiger partial charge on any atom is -0.497 e. The maximum Gasteiger partial charge on any atom is 0.295 e. The molecule has 0 saturated carbocycles. The molecule has 0 radical (unpaired) electrons. The van der Waals surface area contributed by atoms with Gasteiger partial charge in [-0.05, 0) is 25.1 Å². The zero-order valence-electron chi connectivity index (χ0n) is 16.4. The van der Waals surface area contributed by atoms with Crippen molar-refractivity contribution in [2.24, 2.45) is 0 Å². The van der Waals surface area contributed by atoms with Crippen LogP contribution in [0.3, 0.4) is 0 Å². The Morgan fingerprint density at radius 3 is 2.52 bits per heavy atom. The van der Waals surface area contributed by atoms with E-state index in [4.69, 9.17) is 4.74 Å². The number of piperazine rings is 1. The standard InChI is InChI=1S/C22H22FN3O3/c1-14-20(16-5-3-4-6-18(16)24-14)21(27)22(28)26-11-9-25(10-12-26)19-13-15(29-2)7-8-17(19)23/h3-8,13,24H,9-12H2,1-2H3. The highest BCUT2D eigenvalue weighted by atomic mass is 19.1. The largest absolute Gasteiger partial charge is 0.497 e. The first-order chi connectivity index (χ1) is 14.0. The summed E-state index contributed by atoms with van der Waals surface area (Å²) in [5.74, 6) is -0.800. The molecule has 1 fully saturated rings. The van der Waals surface area contributed by atoms with E-state index in [1.165, 1.54) is 18.1 Å². The zero-order valence-corrected chi connectivity index (χ0v) is 16.4. The van der Waals surface area contributed by atoms with Crippen LogP contribution in [0.15, 0.2) is 42.5 Å². The Hall–Kier alpha value is -3.35. The summed E-state index contributed by atoms with van der Waals surface area (Å²) in [5, 5.41) is 0.750. The summed E-state index contributed by atoms with van der Waals surface area (Å²) in [6.45, 7) is 3.38. The van der Waals surface area contributed by atoms with Crippen LogP contribution < -0.4 is 9.64 Å². The summed E-state index contributed by atoms with van der Waals surface area (Å²) in [7, 11) is 1.53. The molecule has 1 amide bonds. The molecule has 29 heavy (non-hydrogen) atoms. The predicted octanol–water partition coefficient (Wildman–Crippen LogP) is 3.16. The van der Waals surface area contributed by atoms with Crippen molar-refractivity contribution < 1.29 is 18.7 Å². The average Bonchev–Trinajstić information content (AvgIpc) is 3.09. The van der Waals surface area contributed by atoms with Gasteiger partial charge < -0.3 is 19.5 Å². The molecule has 150 valence electrons. The number of carbonyl (C=O) groups excluding carboxylic acids is 2. The van der Waals surface area contributed by atoms with Crippen molar-refractivity contribution in [2.45, 2.75) is 6.92 Å². The Morgan fingerprint density at radius 1 is 1.07 bits per heavy atom. The number of para-hydroxylation sites is 1. The first kappa shape index (κ1) is 19.0. The smallest absolute Gasteiger partial charge is 0.295 e. The van der Waals surface area contributed by atoms with E-state index in [1.54, 1.807) is 19.1 Å². The van der Waals surface area contributed by atoms with Crippen molar-refractivity contribution in [3.63, 3.8) is 0 Å². The van der Waals surface area contributed by atoms with Gasteiger partial charge in [-0.3, -0.25) is 9.59 Å². The number of nitrogens with one attached hydrogen (secondary N) is 1. The van der Waals surface area contributed by atoms with Crippen LogP contribution in [0.1, 0.15) is 16.1 Å². The molecule has 1 aromatic heterocycles. The second-order valence-corrected chi connectivity index (χ2v) is 7.10. The number of Topliss-reactive ketones (excluding diaryl/α,β-unsaturated/α-hetero) is 1. The number of carbonyl (C=O) groups is 2. The molecule has 1 N–H and O–H groups in total. The summed E-state index contributed by atoms with van der Waals surface area (Å²) >= 11 is 0. The quantitative estimate of drug-likeness (QED) is 0.544. The number of halogens is 1. The van der Waals surface area contributed by atoms with Crippen molar-refractivity contribution in [2.75, 3.05) is 38.2 Å². The second-order valence-electron chi connectivity index (χ2n) is 7.10. The van der Waals surface area contributed by atoms with Crippen LogP contribution in [0.4, 0.5) is 10.1 Å². The van der Waals surface area contributed by atoms with E-state index in [0.717, 1.165) is 10.9 Å². The Bertz CT molecular complexity index is 1080. The number of ketones is 1. The van der Waals surface area contributed by atoms with E-state index < -0.39 is 11.7 Å². The molecule has 0 aliphatic carbocycles. The maximum absolute atomic E-state index is 14.2. The first-order valence-corrected chi connectivity index (χ1v) is 9.49. The molecule has 0 spiro atoms. The number of aromatic amines is 1. The van der Waals surface area contributed by atoms with Crippen LogP contribution >= 0.6 is 0 Å². The molecule has 6 nitrogen and oxygen atoms in total. The normalized spacial score (nSPS) is 14.3. The molecule has 3 aromatic rings. The van der Waals surface area contributed by atoms with Crippen LogP contribution in [-0.2, 0) is 4.79 Å². The van der Waals surface area contributed by atoms with Gasteiger partial charge in [-0.1, -0.05) is 18.2 Å². The SMILES string of the molecule is COc1ccc(F)c(N2CCN(C(=O)C(=O)c3c(C)[nH]c4ccccc34)CC2)c1. The summed E-state index contributed by atoms with van der Waals surface area (Å²) in [4.78, 5) is 32.3. The molecule has 1 saturated heterocycles. The van der Waals surface area contributed by atoms with Gasteiger partial charge in [-0.2, -0.15) is 0 Å². The van der Waals surface area contributed by atoms with E-state index >= 15 is 0 Å². The van der Waals surface area contributed by atoms with Crippen LogP contribution in [0.25, 0.3) is 10.9 Å². The number of methoxy groups -OCH3 is 1. The number of aromatic nitrogens is 1. The summed E-state index contributed by atoms with van der Waals surface area (Å²) in [6.07, 6.45) is 0. The third-order valence-electron chi connectivity index (χ3n) is 5.38. The lowest BCUT2D eigenvalue weighted by Crippen LogP contribution is -2.51. The number of hydrogen-bond donors (Lipinski definition) is 1. The monoisotopic (exact) mass is 395 g/mol. The van der Waals surface area contributed by atoms with E-state index in [-0.39, 0.29) is 5.82 Å². The Labute approximate surface area is 167 Å². The van der Waals surface area contributed by atoms with Gasteiger partial charge >= 0.3 is 0 Å². The minimum atomic E-state index is -0.524. The van der Waals surface area contributed by atoms with E-state index in [1.807, 2.05) is 29.2 Å². The lowest BCUT2D eigenvalue weighted by atomic mass is 10.1. The highest BCUT2D eigenvalue weighted by Crippen LogP contribution is 2.27. The molecule has 2 heterocycles. The second kappa shape index (κ2) is 7.58. The van der Waals surface area contributed by atoms with Gasteiger partial charge in [0.05, 0.1) is 18.4 Å². The predicted molar refractivity (Wildman–Crippen MR) is 109 cm³/mol. The molecule has 2 aromatic carbocycles. The van der Waals surface area contributed by atoms with Crippen molar-refractivity contribution >= 4 is 28.3 Å². The van der Waals surface area contributed by atoms with Gasteiger partial charge in [0.2, 0.25) is 0 Å². The summed E-state index contributed by atoms with van der Waals surface area (Å²) < 4.78 is 19.4. The fraction of sp³-hybridized carbons (Fsp3) is 0.273. The summed E-state index contributed by atoms with van der Waals surface area (Å²) in [6, 6.07) is 12.0. The highest BCUT2D eigenvalue weighted by Gasteiger charge is 2.30. The number of aryl methyl sites for hydroxylation is 1. The van der Waals surface area contributed by atoms with Gasteiger partial charge in [0.15, 0.2) is 0 Å². The number of fused-ring (bicyclic) bond motifs is 1. The average molecular weight is 395 g/mol. The Balaban J connectivity index is 1.49. The lowest BCUT2D eigenvalue weighted by Gasteiger charge is -2.36. The van der Waals surface area contributed by atoms with Crippen molar-refractivity contribution in [1.82, 2.24) is 9.88 Å². The lowest BCUT2D eigenvalue weighted by molar-refractivity contribution is -0.126. The molecular formula is C22H22FN3O3. The van der Waals surface area contributed by atoms with Crippen molar-refractivity contribution in [3.8, 4) is 5.75 Å². The molecule has 0 unspecified atom stereocenters. The minimum absolute atomic E-state index is 0.337. The number of rotatable bonds is 4. The molecule has 1 aliphatic heterocycles. The van der Waals surface area contributed by atoms with Gasteiger partial charge in [0.25, 0.3) is 11.7 Å². The number of hydrogen-bond acceptors (Lipinski definition) is 4. The topological polar surface area (TPSA) is 65.6 Å². The third kappa shape index (κ3) is 3.44. The number of ether oxygens (including phenoxy) is 1. The number of benzene rings is 2. The Kier molecular flexibility index (Phi) is 4.96. The number of anilines is 1. The molecular weight excluding hydrogens is 373 g/mol. The number of H-pyrrole nitrogens is 1. The molecule has 1 aliphatic rings. The van der Waals surface area contributed by atoms with E-state index in [2.05, 4.69) is 4.98 Å². The van der Waals surface area contributed by atoms with Crippen LogP contribution in [0.2, 0.25) is 0 Å². The van der Waals surface area contributed by atoms with Crippen LogP contribution in [-0.4, -0.2) is 54.9 Å². The molecule has 0 atom stereocenters. The fourth-order valence-corrected chi connectivity index (χ4v) is 3.83. The van der Waals surface area contributed by atoms with Crippen LogP contribution in [0, 0.1) is 12.7 Å². The fourth-order valence-electron chi connectivity index (χ4n) is 3.83. The maximum atomic E-state index is 14.2. The molecule has 7 heteroatoms.